The first-order valence-corrected chi connectivity index (χ1v) is 10.4. The molecule has 0 aromatic carbocycles. The molecule has 1 saturated carbocycles. The number of aliphatic imine (C=N–C) groups is 1. The molecule has 1 unspecified atom stereocenters. The summed E-state index contributed by atoms with van der Waals surface area (Å²) >= 11 is 0. The molecule has 2 rings (SSSR count). The minimum absolute atomic E-state index is 0.0608. The molecule has 0 spiro atoms. The molecule has 1 aliphatic carbocycles. The first kappa shape index (κ1) is 18.0. The SMILES string of the molecule is CCNC(=NCC(=O)NC1CCCCC1)NC1CCS(=O)(=O)C1. The Bertz CT molecular complexity index is 527. The molecule has 0 aromatic rings. The summed E-state index contributed by atoms with van der Waals surface area (Å²) in [5.41, 5.74) is 0. The van der Waals surface area contributed by atoms with Gasteiger partial charge in [0.05, 0.1) is 11.5 Å². The molecule has 23 heavy (non-hydrogen) atoms. The van der Waals surface area contributed by atoms with Crippen molar-refractivity contribution in [1.29, 1.82) is 0 Å². The number of guanidine groups is 1. The third kappa shape index (κ3) is 6.37. The maximum atomic E-state index is 12.0. The largest absolute Gasteiger partial charge is 0.357 e. The van der Waals surface area contributed by atoms with Gasteiger partial charge in [-0.25, -0.2) is 13.4 Å². The van der Waals surface area contributed by atoms with Gasteiger partial charge in [-0.2, -0.15) is 0 Å². The van der Waals surface area contributed by atoms with Gasteiger partial charge in [0.2, 0.25) is 5.91 Å². The van der Waals surface area contributed by atoms with Gasteiger partial charge in [0, 0.05) is 18.6 Å². The predicted octanol–water partition coefficient (Wildman–Crippen LogP) is 0.178. The molecule has 1 aliphatic heterocycles. The van der Waals surface area contributed by atoms with Crippen molar-refractivity contribution < 1.29 is 13.2 Å². The third-order valence-corrected chi connectivity index (χ3v) is 6.04. The van der Waals surface area contributed by atoms with E-state index in [0.29, 0.717) is 18.9 Å². The van der Waals surface area contributed by atoms with Crippen LogP contribution in [-0.4, -0.2) is 57.0 Å². The van der Waals surface area contributed by atoms with E-state index in [1.54, 1.807) is 0 Å². The van der Waals surface area contributed by atoms with Crippen LogP contribution in [0.15, 0.2) is 4.99 Å². The fourth-order valence-corrected chi connectivity index (χ4v) is 4.77. The average molecular weight is 344 g/mol. The Morgan fingerprint density at radius 3 is 2.43 bits per heavy atom. The molecular formula is C15H28N4O3S. The second-order valence-corrected chi connectivity index (χ2v) is 8.57. The number of hydrogen-bond acceptors (Lipinski definition) is 4. The average Bonchev–Trinajstić information content (AvgIpc) is 2.85. The molecule has 1 amide bonds. The number of nitrogens with one attached hydrogen (secondary N) is 3. The highest BCUT2D eigenvalue weighted by molar-refractivity contribution is 7.91. The van der Waals surface area contributed by atoms with Crippen molar-refractivity contribution in [3.8, 4) is 0 Å². The Labute approximate surface area is 138 Å². The number of nitrogens with zero attached hydrogens (tertiary/aromatic N) is 1. The van der Waals surface area contributed by atoms with Crippen molar-refractivity contribution in [2.24, 2.45) is 4.99 Å². The molecular weight excluding hydrogens is 316 g/mol. The molecule has 3 N–H and O–H groups in total. The number of carbonyl (C=O) groups is 1. The highest BCUT2D eigenvalue weighted by Gasteiger charge is 2.28. The van der Waals surface area contributed by atoms with E-state index >= 15 is 0 Å². The van der Waals surface area contributed by atoms with E-state index in [1.807, 2.05) is 6.92 Å². The Morgan fingerprint density at radius 1 is 1.09 bits per heavy atom. The van der Waals surface area contributed by atoms with Crippen LogP contribution in [-0.2, 0) is 14.6 Å². The summed E-state index contributed by atoms with van der Waals surface area (Å²) < 4.78 is 23.0. The van der Waals surface area contributed by atoms with Gasteiger partial charge in [-0.05, 0) is 26.2 Å². The van der Waals surface area contributed by atoms with E-state index in [2.05, 4.69) is 20.9 Å². The highest BCUT2D eigenvalue weighted by Crippen LogP contribution is 2.17. The van der Waals surface area contributed by atoms with Crippen molar-refractivity contribution in [2.75, 3.05) is 24.6 Å². The first-order chi connectivity index (χ1) is 11.0. The van der Waals surface area contributed by atoms with Gasteiger partial charge in [-0.15, -0.1) is 0 Å². The summed E-state index contributed by atoms with van der Waals surface area (Å²) in [6.07, 6.45) is 6.29. The summed E-state index contributed by atoms with van der Waals surface area (Å²) in [5.74, 6) is 0.777. The lowest BCUT2D eigenvalue weighted by Gasteiger charge is -2.22. The fraction of sp³-hybridized carbons (Fsp3) is 0.867. The van der Waals surface area contributed by atoms with Crippen molar-refractivity contribution in [2.45, 2.75) is 57.5 Å². The maximum absolute atomic E-state index is 12.0. The number of amides is 1. The fourth-order valence-electron chi connectivity index (χ4n) is 3.09. The summed E-state index contributed by atoms with van der Waals surface area (Å²) in [6.45, 7) is 2.66. The zero-order valence-electron chi connectivity index (χ0n) is 13.8. The Kier molecular flexibility index (Phi) is 6.68. The van der Waals surface area contributed by atoms with E-state index < -0.39 is 9.84 Å². The molecule has 2 aliphatic rings. The van der Waals surface area contributed by atoms with E-state index in [0.717, 1.165) is 12.8 Å². The molecule has 0 bridgehead atoms. The smallest absolute Gasteiger partial charge is 0.242 e. The quantitative estimate of drug-likeness (QED) is 0.488. The molecule has 0 radical (unpaired) electrons. The van der Waals surface area contributed by atoms with E-state index in [-0.39, 0.29) is 36.0 Å². The van der Waals surface area contributed by atoms with Crippen LogP contribution in [0.4, 0.5) is 0 Å². The van der Waals surface area contributed by atoms with Crippen LogP contribution >= 0.6 is 0 Å². The van der Waals surface area contributed by atoms with Gasteiger partial charge >= 0.3 is 0 Å². The lowest BCUT2D eigenvalue weighted by molar-refractivity contribution is -0.120. The van der Waals surface area contributed by atoms with Crippen molar-refractivity contribution in [1.82, 2.24) is 16.0 Å². The first-order valence-electron chi connectivity index (χ1n) is 8.53. The van der Waals surface area contributed by atoms with Crippen LogP contribution < -0.4 is 16.0 Å². The lowest BCUT2D eigenvalue weighted by atomic mass is 9.95. The van der Waals surface area contributed by atoms with Crippen molar-refractivity contribution in [3.05, 3.63) is 0 Å². The summed E-state index contributed by atoms with van der Waals surface area (Å²) in [7, 11) is -2.93. The van der Waals surface area contributed by atoms with E-state index in [1.165, 1.54) is 19.3 Å². The highest BCUT2D eigenvalue weighted by atomic mass is 32.2. The van der Waals surface area contributed by atoms with Gasteiger partial charge in [0.25, 0.3) is 0 Å². The molecule has 1 saturated heterocycles. The van der Waals surface area contributed by atoms with Crippen LogP contribution in [0.5, 0.6) is 0 Å². The summed E-state index contributed by atoms with van der Waals surface area (Å²) in [5, 5.41) is 9.20. The second kappa shape index (κ2) is 8.52. The molecule has 8 heteroatoms. The Balaban J connectivity index is 1.81. The van der Waals surface area contributed by atoms with Gasteiger partial charge < -0.3 is 16.0 Å². The molecule has 0 aromatic heterocycles. The van der Waals surface area contributed by atoms with E-state index in [4.69, 9.17) is 0 Å². The van der Waals surface area contributed by atoms with Crippen LogP contribution in [0.2, 0.25) is 0 Å². The van der Waals surface area contributed by atoms with Gasteiger partial charge in [-0.3, -0.25) is 4.79 Å². The second-order valence-electron chi connectivity index (χ2n) is 6.34. The zero-order chi connectivity index (χ0) is 16.7. The summed E-state index contributed by atoms with van der Waals surface area (Å²) in [6, 6.07) is 0.154. The monoisotopic (exact) mass is 344 g/mol. The number of sulfone groups is 1. The predicted molar refractivity (Wildman–Crippen MR) is 91.2 cm³/mol. The van der Waals surface area contributed by atoms with Crippen LogP contribution in [0.1, 0.15) is 45.4 Å². The minimum atomic E-state index is -2.93. The normalized spacial score (nSPS) is 25.1. The Morgan fingerprint density at radius 2 is 1.83 bits per heavy atom. The topological polar surface area (TPSA) is 99.7 Å². The number of carbonyl (C=O) groups excluding carboxylic acids is 1. The van der Waals surface area contributed by atoms with Gasteiger partial charge in [-0.1, -0.05) is 19.3 Å². The van der Waals surface area contributed by atoms with Crippen LogP contribution in [0.25, 0.3) is 0 Å². The van der Waals surface area contributed by atoms with Crippen molar-refractivity contribution >= 4 is 21.7 Å². The Hall–Kier alpha value is -1.31. The molecule has 2 fully saturated rings. The van der Waals surface area contributed by atoms with Crippen LogP contribution in [0.3, 0.4) is 0 Å². The minimum Gasteiger partial charge on any atom is -0.357 e. The zero-order valence-corrected chi connectivity index (χ0v) is 14.6. The molecule has 7 nitrogen and oxygen atoms in total. The molecule has 1 atom stereocenters. The van der Waals surface area contributed by atoms with E-state index in [9.17, 15) is 13.2 Å². The van der Waals surface area contributed by atoms with Crippen molar-refractivity contribution in [3.63, 3.8) is 0 Å². The molecule has 132 valence electrons. The number of hydrogen-bond donors (Lipinski definition) is 3. The van der Waals surface area contributed by atoms with Crippen LogP contribution in [0, 0.1) is 0 Å². The maximum Gasteiger partial charge on any atom is 0.242 e. The standard InChI is InChI=1S/C15H28N4O3S/c1-2-16-15(19-13-8-9-23(21,22)11-13)17-10-14(20)18-12-6-4-3-5-7-12/h12-13H,2-11H2,1H3,(H,18,20)(H2,16,17,19). The van der Waals surface area contributed by atoms with Gasteiger partial charge in [0.15, 0.2) is 15.8 Å². The third-order valence-electron chi connectivity index (χ3n) is 4.27. The molecule has 1 heterocycles. The number of rotatable bonds is 5. The van der Waals surface area contributed by atoms with Gasteiger partial charge in [0.1, 0.15) is 6.54 Å². The summed E-state index contributed by atoms with van der Waals surface area (Å²) in [4.78, 5) is 16.3. The lowest BCUT2D eigenvalue weighted by Crippen LogP contribution is -2.45.